The van der Waals surface area contributed by atoms with Crippen LogP contribution in [0, 0.1) is 0 Å². The lowest BCUT2D eigenvalue weighted by Gasteiger charge is -2.27. The Morgan fingerprint density at radius 3 is 2.94 bits per heavy atom. The van der Waals surface area contributed by atoms with E-state index in [0.29, 0.717) is 13.0 Å². The Bertz CT molecular complexity index is 440. The van der Waals surface area contributed by atoms with Crippen LogP contribution in [0.25, 0.3) is 0 Å². The van der Waals surface area contributed by atoms with Gasteiger partial charge in [-0.05, 0) is 50.6 Å². The van der Waals surface area contributed by atoms with Crippen LogP contribution in [-0.4, -0.2) is 18.0 Å². The minimum atomic E-state index is -0.0287. The predicted octanol–water partition coefficient (Wildman–Crippen LogP) is 1.72. The van der Waals surface area contributed by atoms with E-state index in [-0.39, 0.29) is 11.4 Å². The molecule has 0 atom stereocenters. The van der Waals surface area contributed by atoms with E-state index in [1.165, 1.54) is 0 Å². The molecule has 4 N–H and O–H groups in total. The quantitative estimate of drug-likeness (QED) is 0.741. The molecule has 0 unspecified atom stereocenters. The molecule has 4 heteroatoms. The number of fused-ring (bicyclic) bond motifs is 1. The number of rotatable bonds is 4. The molecule has 0 fully saturated rings. The van der Waals surface area contributed by atoms with E-state index in [9.17, 15) is 4.79 Å². The Morgan fingerprint density at radius 1 is 1.47 bits per heavy atom. The lowest BCUT2D eigenvalue weighted by atomic mass is 10.00. The summed E-state index contributed by atoms with van der Waals surface area (Å²) in [4.78, 5) is 11.3. The lowest BCUT2D eigenvalue weighted by molar-refractivity contribution is -0.115. The number of amides is 1. The summed E-state index contributed by atoms with van der Waals surface area (Å²) in [6, 6.07) is 5.97. The molecule has 0 spiro atoms. The fourth-order valence-corrected chi connectivity index (χ4v) is 2.12. The Morgan fingerprint density at radius 2 is 2.24 bits per heavy atom. The number of nitrogens with one attached hydrogen (secondary N) is 2. The number of carbonyl (C=O) groups excluding carboxylic acids is 1. The van der Waals surface area contributed by atoms with E-state index in [2.05, 4.69) is 24.5 Å². The Balaban J connectivity index is 2.14. The monoisotopic (exact) mass is 233 g/mol. The van der Waals surface area contributed by atoms with Gasteiger partial charge in [0.15, 0.2) is 0 Å². The topological polar surface area (TPSA) is 67.1 Å². The Kier molecular flexibility index (Phi) is 3.07. The van der Waals surface area contributed by atoms with Crippen LogP contribution in [0.2, 0.25) is 0 Å². The second-order valence-electron chi connectivity index (χ2n) is 5.14. The van der Waals surface area contributed by atoms with Gasteiger partial charge in [-0.2, -0.15) is 0 Å². The first kappa shape index (κ1) is 11.9. The van der Waals surface area contributed by atoms with E-state index in [1.807, 2.05) is 18.2 Å². The van der Waals surface area contributed by atoms with E-state index >= 15 is 0 Å². The van der Waals surface area contributed by atoms with Gasteiger partial charge in [-0.1, -0.05) is 0 Å². The fourth-order valence-electron chi connectivity index (χ4n) is 2.12. The van der Waals surface area contributed by atoms with Crippen molar-refractivity contribution in [2.45, 2.75) is 32.2 Å². The maximum Gasteiger partial charge on any atom is 0.228 e. The highest BCUT2D eigenvalue weighted by atomic mass is 16.1. The third kappa shape index (κ3) is 2.77. The van der Waals surface area contributed by atoms with Gasteiger partial charge in [-0.3, -0.25) is 4.79 Å². The van der Waals surface area contributed by atoms with Crippen LogP contribution < -0.4 is 16.4 Å². The van der Waals surface area contributed by atoms with Crippen LogP contribution in [0.3, 0.4) is 0 Å². The van der Waals surface area contributed by atoms with Crippen molar-refractivity contribution >= 4 is 17.3 Å². The predicted molar refractivity (Wildman–Crippen MR) is 70.1 cm³/mol. The zero-order chi connectivity index (χ0) is 12.5. The second-order valence-corrected chi connectivity index (χ2v) is 5.14. The summed E-state index contributed by atoms with van der Waals surface area (Å²) in [7, 11) is 0. The summed E-state index contributed by atoms with van der Waals surface area (Å²) in [5.41, 5.74) is 8.58. The number of nitrogens with two attached hydrogens (primary N) is 1. The fraction of sp³-hybridized carbons (Fsp3) is 0.462. The molecular weight excluding hydrogens is 214 g/mol. The molecule has 1 aliphatic heterocycles. The first-order valence-corrected chi connectivity index (χ1v) is 5.91. The van der Waals surface area contributed by atoms with Gasteiger partial charge in [0.2, 0.25) is 5.91 Å². The highest BCUT2D eigenvalue weighted by Crippen LogP contribution is 2.27. The summed E-state index contributed by atoms with van der Waals surface area (Å²) in [6.45, 7) is 4.90. The average molecular weight is 233 g/mol. The molecule has 92 valence electrons. The van der Waals surface area contributed by atoms with Crippen molar-refractivity contribution in [2.24, 2.45) is 5.73 Å². The van der Waals surface area contributed by atoms with E-state index in [0.717, 1.165) is 23.4 Å². The maximum absolute atomic E-state index is 11.3. The summed E-state index contributed by atoms with van der Waals surface area (Å²) < 4.78 is 0. The molecule has 0 aromatic heterocycles. The summed E-state index contributed by atoms with van der Waals surface area (Å²) in [5, 5.41) is 6.27. The Hall–Kier alpha value is -1.55. The van der Waals surface area contributed by atoms with Crippen LogP contribution in [0.1, 0.15) is 25.8 Å². The van der Waals surface area contributed by atoms with Gasteiger partial charge in [0.05, 0.1) is 6.42 Å². The molecule has 1 aromatic rings. The minimum Gasteiger partial charge on any atom is -0.380 e. The van der Waals surface area contributed by atoms with Crippen molar-refractivity contribution in [3.05, 3.63) is 23.8 Å². The zero-order valence-corrected chi connectivity index (χ0v) is 10.3. The van der Waals surface area contributed by atoms with Crippen LogP contribution in [0.15, 0.2) is 18.2 Å². The van der Waals surface area contributed by atoms with Crippen LogP contribution in [0.5, 0.6) is 0 Å². The van der Waals surface area contributed by atoms with Crippen molar-refractivity contribution in [3.8, 4) is 0 Å². The van der Waals surface area contributed by atoms with Crippen LogP contribution in [-0.2, 0) is 11.2 Å². The standard InChI is InChI=1S/C13H19N3O/c1-13(2,5-6-14)16-10-3-4-11-9(7-10)8-12(17)15-11/h3-4,7,16H,5-6,8,14H2,1-2H3,(H,15,17). The van der Waals surface area contributed by atoms with E-state index in [4.69, 9.17) is 5.73 Å². The van der Waals surface area contributed by atoms with Crippen LogP contribution >= 0.6 is 0 Å². The summed E-state index contributed by atoms with van der Waals surface area (Å²) >= 11 is 0. The minimum absolute atomic E-state index is 0.0287. The van der Waals surface area contributed by atoms with Gasteiger partial charge in [0.25, 0.3) is 0 Å². The molecule has 1 aliphatic rings. The number of anilines is 2. The third-order valence-corrected chi connectivity index (χ3v) is 2.98. The molecule has 0 radical (unpaired) electrons. The van der Waals surface area contributed by atoms with Crippen molar-refractivity contribution in [1.29, 1.82) is 0 Å². The number of hydrogen-bond acceptors (Lipinski definition) is 3. The van der Waals surface area contributed by atoms with Gasteiger partial charge in [0, 0.05) is 16.9 Å². The summed E-state index contributed by atoms with van der Waals surface area (Å²) in [5.74, 6) is 0.0679. The van der Waals surface area contributed by atoms with Crippen molar-refractivity contribution in [3.63, 3.8) is 0 Å². The van der Waals surface area contributed by atoms with Crippen molar-refractivity contribution < 1.29 is 4.79 Å². The van der Waals surface area contributed by atoms with Gasteiger partial charge in [0.1, 0.15) is 0 Å². The van der Waals surface area contributed by atoms with Gasteiger partial charge >= 0.3 is 0 Å². The highest BCUT2D eigenvalue weighted by molar-refractivity contribution is 5.99. The first-order valence-electron chi connectivity index (χ1n) is 5.91. The summed E-state index contributed by atoms with van der Waals surface area (Å²) in [6.07, 6.45) is 1.38. The molecule has 0 saturated carbocycles. The van der Waals surface area contributed by atoms with E-state index < -0.39 is 0 Å². The molecule has 1 amide bonds. The average Bonchev–Trinajstić information content (AvgIpc) is 2.56. The smallest absolute Gasteiger partial charge is 0.228 e. The molecular formula is C13H19N3O. The highest BCUT2D eigenvalue weighted by Gasteiger charge is 2.20. The van der Waals surface area contributed by atoms with Gasteiger partial charge in [-0.25, -0.2) is 0 Å². The maximum atomic E-state index is 11.3. The SMILES string of the molecule is CC(C)(CCN)Nc1ccc2c(c1)CC(=O)N2. The molecule has 4 nitrogen and oxygen atoms in total. The molecule has 2 rings (SSSR count). The Labute approximate surface area is 102 Å². The molecule has 0 aliphatic carbocycles. The molecule has 1 heterocycles. The van der Waals surface area contributed by atoms with Crippen molar-refractivity contribution in [1.82, 2.24) is 0 Å². The number of benzene rings is 1. The normalized spacial score (nSPS) is 14.4. The van der Waals surface area contributed by atoms with E-state index in [1.54, 1.807) is 0 Å². The molecule has 0 saturated heterocycles. The lowest BCUT2D eigenvalue weighted by Crippen LogP contribution is -2.33. The molecule has 17 heavy (non-hydrogen) atoms. The second kappa shape index (κ2) is 4.37. The first-order chi connectivity index (χ1) is 8.00. The molecule has 0 bridgehead atoms. The van der Waals surface area contributed by atoms with Gasteiger partial charge in [-0.15, -0.1) is 0 Å². The van der Waals surface area contributed by atoms with Crippen molar-refractivity contribution in [2.75, 3.05) is 17.2 Å². The number of hydrogen-bond donors (Lipinski definition) is 3. The zero-order valence-electron chi connectivity index (χ0n) is 10.3. The van der Waals surface area contributed by atoms with Crippen LogP contribution in [0.4, 0.5) is 11.4 Å². The largest absolute Gasteiger partial charge is 0.380 e. The third-order valence-electron chi connectivity index (χ3n) is 2.98. The molecule has 1 aromatic carbocycles. The number of carbonyl (C=O) groups is 1. The van der Waals surface area contributed by atoms with Gasteiger partial charge < -0.3 is 16.4 Å².